The van der Waals surface area contributed by atoms with Gasteiger partial charge < -0.3 is 15.2 Å². The van der Waals surface area contributed by atoms with E-state index in [1.165, 1.54) is 5.38 Å². The number of hydrogen-bond acceptors (Lipinski definition) is 9. The highest BCUT2D eigenvalue weighted by Gasteiger charge is 2.38. The number of thioether (sulfide) groups is 1. The van der Waals surface area contributed by atoms with Crippen molar-refractivity contribution in [3.63, 3.8) is 0 Å². The van der Waals surface area contributed by atoms with Crippen molar-refractivity contribution in [2.24, 2.45) is 0 Å². The minimum atomic E-state index is -1.25. The first-order valence-corrected chi connectivity index (χ1v) is 12.6. The maximum atomic E-state index is 12.9. The SMILES string of the molecule is CCOC(=O)/C(=C1\SC(=S)N(CC(=O)O)C1=O)c1csc(NC(=O)Nc2cccc3ccccc23)n1. The van der Waals surface area contributed by atoms with Crippen LogP contribution in [0.15, 0.2) is 52.7 Å². The second kappa shape index (κ2) is 10.8. The third kappa shape index (κ3) is 5.37. The van der Waals surface area contributed by atoms with Crippen molar-refractivity contribution in [2.75, 3.05) is 23.8 Å². The quantitative estimate of drug-likeness (QED) is 0.228. The molecule has 0 unspecified atom stereocenters. The van der Waals surface area contributed by atoms with Gasteiger partial charge in [0, 0.05) is 10.8 Å². The van der Waals surface area contributed by atoms with Gasteiger partial charge in [0.25, 0.3) is 5.91 Å². The first kappa shape index (κ1) is 25.3. The number of hydrogen-bond donors (Lipinski definition) is 3. The van der Waals surface area contributed by atoms with E-state index in [1.807, 2.05) is 36.4 Å². The molecule has 0 radical (unpaired) electrons. The summed E-state index contributed by atoms with van der Waals surface area (Å²) in [6.07, 6.45) is 0. The Morgan fingerprint density at radius 1 is 1.14 bits per heavy atom. The summed E-state index contributed by atoms with van der Waals surface area (Å²) in [5, 5.41) is 18.0. The van der Waals surface area contributed by atoms with Crippen molar-refractivity contribution in [3.8, 4) is 0 Å². The average molecular weight is 543 g/mol. The van der Waals surface area contributed by atoms with Crippen LogP contribution in [-0.2, 0) is 19.1 Å². The van der Waals surface area contributed by atoms with Gasteiger partial charge in [0.15, 0.2) is 5.13 Å². The summed E-state index contributed by atoms with van der Waals surface area (Å²) in [5.74, 6) is -2.79. The summed E-state index contributed by atoms with van der Waals surface area (Å²) >= 11 is 6.96. The third-order valence-electron chi connectivity index (χ3n) is 4.87. The predicted octanol–water partition coefficient (Wildman–Crippen LogP) is 4.16. The van der Waals surface area contributed by atoms with E-state index in [0.717, 1.165) is 38.8 Å². The van der Waals surface area contributed by atoms with E-state index in [1.54, 1.807) is 13.0 Å². The van der Waals surface area contributed by atoms with E-state index in [2.05, 4.69) is 15.6 Å². The van der Waals surface area contributed by atoms with E-state index < -0.39 is 30.4 Å². The number of carbonyl (C=O) groups is 4. The summed E-state index contributed by atoms with van der Waals surface area (Å²) in [4.78, 5) is 54.5. The number of rotatable bonds is 7. The number of nitrogens with one attached hydrogen (secondary N) is 2. The molecular weight excluding hydrogens is 524 g/mol. The van der Waals surface area contributed by atoms with Crippen molar-refractivity contribution >= 4 is 90.7 Å². The average Bonchev–Trinajstić information content (AvgIpc) is 3.39. The number of nitrogens with zero attached hydrogens (tertiary/aromatic N) is 2. The standard InChI is InChI=1S/C23H18N4O6S3/c1-2-33-20(31)17(18-19(30)27(10-16(28)29)23(34)36-18)15-11-35-22(25-15)26-21(32)24-14-9-5-7-12-6-3-4-8-13(12)14/h3-9,11H,2,10H2,1H3,(H,28,29)(H2,24,25,26,32)/b18-17-. The van der Waals surface area contributed by atoms with Crippen molar-refractivity contribution in [1.29, 1.82) is 0 Å². The Balaban J connectivity index is 1.59. The van der Waals surface area contributed by atoms with Crippen molar-refractivity contribution in [3.05, 3.63) is 58.4 Å². The number of benzene rings is 2. The van der Waals surface area contributed by atoms with Gasteiger partial charge in [-0.3, -0.25) is 19.8 Å². The zero-order chi connectivity index (χ0) is 25.8. The molecule has 36 heavy (non-hydrogen) atoms. The van der Waals surface area contributed by atoms with Crippen LogP contribution >= 0.6 is 35.3 Å². The lowest BCUT2D eigenvalue weighted by Crippen LogP contribution is -2.33. The molecule has 0 saturated carbocycles. The van der Waals surface area contributed by atoms with E-state index in [9.17, 15) is 19.2 Å². The lowest BCUT2D eigenvalue weighted by Gasteiger charge is -2.11. The molecular formula is C23H18N4O6S3. The zero-order valence-corrected chi connectivity index (χ0v) is 21.1. The van der Waals surface area contributed by atoms with Gasteiger partial charge in [-0.25, -0.2) is 14.6 Å². The summed E-state index contributed by atoms with van der Waals surface area (Å²) in [6, 6.07) is 12.6. The van der Waals surface area contributed by atoms with Crippen molar-refractivity contribution < 1.29 is 29.0 Å². The van der Waals surface area contributed by atoms with E-state index >= 15 is 0 Å². The van der Waals surface area contributed by atoms with Crippen LogP contribution in [0.4, 0.5) is 15.6 Å². The topological polar surface area (TPSA) is 138 Å². The third-order valence-corrected chi connectivity index (χ3v) is 7.07. The molecule has 0 aliphatic carbocycles. The largest absolute Gasteiger partial charge is 0.480 e. The number of urea groups is 1. The number of carboxylic acids is 1. The number of amides is 3. The van der Waals surface area contributed by atoms with Gasteiger partial charge in [0.1, 0.15) is 16.4 Å². The molecule has 3 amide bonds. The van der Waals surface area contributed by atoms with Gasteiger partial charge in [-0.15, -0.1) is 11.3 Å². The Hall–Kier alpha value is -3.81. The molecule has 1 saturated heterocycles. The van der Waals surface area contributed by atoms with Crippen LogP contribution in [0.2, 0.25) is 0 Å². The lowest BCUT2D eigenvalue weighted by molar-refractivity contribution is -0.140. The molecule has 2 aromatic carbocycles. The number of fused-ring (bicyclic) bond motifs is 1. The summed E-state index contributed by atoms with van der Waals surface area (Å²) in [6.45, 7) is 1.01. The fourth-order valence-corrected chi connectivity index (χ4v) is 5.38. The van der Waals surface area contributed by atoms with Crippen LogP contribution in [0.3, 0.4) is 0 Å². The van der Waals surface area contributed by atoms with Crippen LogP contribution in [0.1, 0.15) is 12.6 Å². The van der Waals surface area contributed by atoms with Crippen LogP contribution in [-0.4, -0.2) is 56.3 Å². The normalized spacial score (nSPS) is 14.6. The minimum absolute atomic E-state index is 0.00208. The zero-order valence-electron chi connectivity index (χ0n) is 18.6. The molecule has 1 aliphatic rings. The number of thiazole rings is 1. The van der Waals surface area contributed by atoms with Gasteiger partial charge >= 0.3 is 18.0 Å². The van der Waals surface area contributed by atoms with Crippen LogP contribution < -0.4 is 10.6 Å². The number of aromatic nitrogens is 1. The maximum absolute atomic E-state index is 12.9. The first-order chi connectivity index (χ1) is 17.3. The number of anilines is 2. The Kier molecular flexibility index (Phi) is 7.62. The molecule has 1 fully saturated rings. The van der Waals surface area contributed by atoms with E-state index in [0.29, 0.717) is 5.69 Å². The number of carboxylic acid groups (broad SMARTS) is 1. The van der Waals surface area contributed by atoms with Gasteiger partial charge in [-0.1, -0.05) is 60.4 Å². The fraction of sp³-hybridized carbons (Fsp3) is 0.130. The highest BCUT2D eigenvalue weighted by molar-refractivity contribution is 8.26. The van der Waals surface area contributed by atoms with Gasteiger partial charge in [0.05, 0.1) is 22.9 Å². The highest BCUT2D eigenvalue weighted by atomic mass is 32.2. The van der Waals surface area contributed by atoms with Crippen molar-refractivity contribution in [2.45, 2.75) is 6.92 Å². The number of esters is 1. The molecule has 0 spiro atoms. The molecule has 2 heterocycles. The summed E-state index contributed by atoms with van der Waals surface area (Å²) in [5.41, 5.74) is 0.548. The van der Waals surface area contributed by atoms with Gasteiger partial charge in [-0.05, 0) is 18.4 Å². The summed E-state index contributed by atoms with van der Waals surface area (Å²) < 4.78 is 5.11. The first-order valence-electron chi connectivity index (χ1n) is 10.5. The number of ether oxygens (including phenoxy) is 1. The maximum Gasteiger partial charge on any atom is 0.341 e. The predicted molar refractivity (Wildman–Crippen MR) is 142 cm³/mol. The molecule has 13 heteroatoms. The molecule has 4 rings (SSSR count). The van der Waals surface area contributed by atoms with E-state index in [4.69, 9.17) is 22.1 Å². The van der Waals surface area contributed by atoms with Crippen molar-refractivity contribution in [1.82, 2.24) is 9.88 Å². The minimum Gasteiger partial charge on any atom is -0.480 e. The second-order valence-corrected chi connectivity index (χ2v) is 9.72. The molecule has 1 aromatic heterocycles. The van der Waals surface area contributed by atoms with Gasteiger partial charge in [-0.2, -0.15) is 0 Å². The Bertz CT molecular complexity index is 1430. The molecule has 1 aliphatic heterocycles. The van der Waals surface area contributed by atoms with Crippen LogP contribution in [0.25, 0.3) is 16.3 Å². The monoisotopic (exact) mass is 542 g/mol. The number of aliphatic carboxylic acids is 1. The molecule has 184 valence electrons. The number of thiocarbonyl (C=S) groups is 1. The molecule has 10 nitrogen and oxygen atoms in total. The molecule has 3 N–H and O–H groups in total. The molecule has 0 bridgehead atoms. The van der Waals surface area contributed by atoms with Crippen LogP contribution in [0, 0.1) is 0 Å². The second-order valence-electron chi connectivity index (χ2n) is 7.22. The van der Waals surface area contributed by atoms with Crippen LogP contribution in [0.5, 0.6) is 0 Å². The smallest absolute Gasteiger partial charge is 0.341 e. The fourth-order valence-electron chi connectivity index (χ4n) is 3.37. The van der Waals surface area contributed by atoms with Gasteiger partial charge in [0.2, 0.25) is 0 Å². The Labute approximate surface area is 218 Å². The lowest BCUT2D eigenvalue weighted by atomic mass is 10.1. The van der Waals surface area contributed by atoms with E-state index in [-0.39, 0.29) is 32.2 Å². The summed E-state index contributed by atoms with van der Waals surface area (Å²) in [7, 11) is 0. The molecule has 0 atom stereocenters. The number of carbonyl (C=O) groups excluding carboxylic acids is 3. The molecule has 3 aromatic rings. The Morgan fingerprint density at radius 2 is 1.89 bits per heavy atom. The highest BCUT2D eigenvalue weighted by Crippen LogP contribution is 2.38. The Morgan fingerprint density at radius 3 is 2.64 bits per heavy atom.